The first kappa shape index (κ1) is 25.8. The summed E-state index contributed by atoms with van der Waals surface area (Å²) >= 11 is 0. The van der Waals surface area contributed by atoms with Crippen LogP contribution in [-0.4, -0.2) is 35.1 Å². The first-order valence-electron chi connectivity index (χ1n) is 12.6. The number of benzene rings is 2. The van der Waals surface area contributed by atoms with Crippen molar-refractivity contribution in [2.75, 3.05) is 13.7 Å². The molecule has 0 spiro atoms. The smallest absolute Gasteiger partial charge is 0.416 e. The molecule has 0 aliphatic heterocycles. The maximum absolute atomic E-state index is 13.7. The summed E-state index contributed by atoms with van der Waals surface area (Å²) in [6, 6.07) is 13.2. The van der Waals surface area contributed by atoms with Crippen LogP contribution in [0.25, 0.3) is 21.8 Å². The van der Waals surface area contributed by atoms with Gasteiger partial charge >= 0.3 is 12.1 Å². The van der Waals surface area contributed by atoms with Crippen LogP contribution in [0, 0.1) is 11.8 Å². The lowest BCUT2D eigenvalue weighted by Crippen LogP contribution is -2.33. The molecule has 1 amide bonds. The Bertz CT molecular complexity index is 1480. The zero-order chi connectivity index (χ0) is 26.9. The van der Waals surface area contributed by atoms with Gasteiger partial charge in [-0.1, -0.05) is 18.2 Å². The third-order valence-electron chi connectivity index (χ3n) is 7.44. The summed E-state index contributed by atoms with van der Waals surface area (Å²) in [5, 5.41) is 4.15. The van der Waals surface area contributed by atoms with E-state index in [-0.39, 0.29) is 23.4 Å². The van der Waals surface area contributed by atoms with Crippen LogP contribution in [0.3, 0.4) is 0 Å². The Morgan fingerprint density at radius 2 is 1.87 bits per heavy atom. The quantitative estimate of drug-likeness (QED) is 0.316. The standard InChI is InChI=1S/C29H28F3N3O3/c1-38-28(37)19-9-7-18(8-10-19)16-34-27(36)24-15-22(29(30,31)32)14-20-11-13-35(26(20)24)17-21-4-2-6-25-23(21)5-3-12-33-25/h2-6,11-15,18-19H,7-10,16-17H2,1H3,(H,34,36)/t18-,19-. The summed E-state index contributed by atoms with van der Waals surface area (Å²) in [6.07, 6.45) is 1.66. The van der Waals surface area contributed by atoms with Gasteiger partial charge in [-0.2, -0.15) is 13.2 Å². The number of alkyl halides is 3. The molecule has 1 aliphatic carbocycles. The molecule has 0 radical (unpaired) electrons. The Kier molecular flexibility index (Phi) is 7.10. The number of aromatic nitrogens is 2. The number of carbonyl (C=O) groups is 2. The second-order valence-electron chi connectivity index (χ2n) is 9.84. The topological polar surface area (TPSA) is 73.2 Å². The molecule has 1 fully saturated rings. The number of rotatable bonds is 6. The molecule has 0 atom stereocenters. The van der Waals surface area contributed by atoms with E-state index in [4.69, 9.17) is 4.74 Å². The molecular formula is C29H28F3N3O3. The molecule has 38 heavy (non-hydrogen) atoms. The Morgan fingerprint density at radius 3 is 2.61 bits per heavy atom. The van der Waals surface area contributed by atoms with Gasteiger partial charge in [0.15, 0.2) is 0 Å². The minimum absolute atomic E-state index is 0.0126. The highest BCUT2D eigenvalue weighted by atomic mass is 19.4. The van der Waals surface area contributed by atoms with Crippen molar-refractivity contribution in [3.8, 4) is 0 Å². The number of amides is 1. The van der Waals surface area contributed by atoms with Crippen molar-refractivity contribution >= 4 is 33.7 Å². The maximum Gasteiger partial charge on any atom is 0.416 e. The zero-order valence-corrected chi connectivity index (χ0v) is 20.9. The summed E-state index contributed by atoms with van der Waals surface area (Å²) in [6.45, 7) is 0.704. The average molecular weight is 524 g/mol. The van der Waals surface area contributed by atoms with Gasteiger partial charge in [-0.15, -0.1) is 0 Å². The first-order chi connectivity index (χ1) is 18.2. The van der Waals surface area contributed by atoms with Crippen molar-refractivity contribution in [3.05, 3.63) is 77.6 Å². The van der Waals surface area contributed by atoms with Gasteiger partial charge in [-0.05, 0) is 67.5 Å². The van der Waals surface area contributed by atoms with Crippen molar-refractivity contribution in [3.63, 3.8) is 0 Å². The van der Waals surface area contributed by atoms with E-state index in [9.17, 15) is 22.8 Å². The second-order valence-corrected chi connectivity index (χ2v) is 9.84. The number of fused-ring (bicyclic) bond motifs is 2. The molecule has 2 aromatic carbocycles. The number of methoxy groups -OCH3 is 1. The molecule has 2 heterocycles. The highest BCUT2D eigenvalue weighted by Gasteiger charge is 2.33. The number of hydrogen-bond acceptors (Lipinski definition) is 4. The van der Waals surface area contributed by atoms with Crippen LogP contribution in [-0.2, 0) is 22.3 Å². The molecular weight excluding hydrogens is 495 g/mol. The van der Waals surface area contributed by atoms with E-state index in [1.807, 2.05) is 34.9 Å². The van der Waals surface area contributed by atoms with Gasteiger partial charge in [0.25, 0.3) is 5.91 Å². The summed E-state index contributed by atoms with van der Waals surface area (Å²) < 4.78 is 47.8. The van der Waals surface area contributed by atoms with Crippen molar-refractivity contribution in [2.24, 2.45) is 11.8 Å². The van der Waals surface area contributed by atoms with Crippen LogP contribution in [0.15, 0.2) is 60.9 Å². The minimum Gasteiger partial charge on any atom is -0.469 e. The number of esters is 1. The molecule has 1 aliphatic rings. The van der Waals surface area contributed by atoms with E-state index in [1.54, 1.807) is 18.5 Å². The van der Waals surface area contributed by atoms with E-state index in [1.165, 1.54) is 7.11 Å². The number of hydrogen-bond donors (Lipinski definition) is 1. The number of nitrogens with one attached hydrogen (secondary N) is 1. The van der Waals surface area contributed by atoms with Gasteiger partial charge in [-0.25, -0.2) is 0 Å². The third-order valence-corrected chi connectivity index (χ3v) is 7.44. The van der Waals surface area contributed by atoms with Gasteiger partial charge < -0.3 is 14.6 Å². The number of ether oxygens (including phenoxy) is 1. The van der Waals surface area contributed by atoms with Crippen molar-refractivity contribution in [1.29, 1.82) is 0 Å². The highest BCUT2D eigenvalue weighted by molar-refractivity contribution is 6.06. The van der Waals surface area contributed by atoms with Crippen LogP contribution in [0.2, 0.25) is 0 Å². The molecule has 9 heteroatoms. The van der Waals surface area contributed by atoms with Crippen molar-refractivity contribution in [1.82, 2.24) is 14.9 Å². The molecule has 1 N–H and O–H groups in total. The summed E-state index contributed by atoms with van der Waals surface area (Å²) in [4.78, 5) is 29.5. The van der Waals surface area contributed by atoms with Gasteiger partial charge in [0, 0.05) is 36.3 Å². The predicted octanol–water partition coefficient (Wildman–Crippen LogP) is 5.97. The molecule has 0 saturated heterocycles. The number of nitrogens with zero attached hydrogens (tertiary/aromatic N) is 2. The van der Waals surface area contributed by atoms with Crippen molar-refractivity contribution < 1.29 is 27.5 Å². The first-order valence-corrected chi connectivity index (χ1v) is 12.6. The van der Waals surface area contributed by atoms with Crippen molar-refractivity contribution in [2.45, 2.75) is 38.4 Å². The van der Waals surface area contributed by atoms with E-state index in [0.29, 0.717) is 36.8 Å². The summed E-state index contributed by atoms with van der Waals surface area (Å²) in [5.41, 5.74) is 1.34. The molecule has 1 saturated carbocycles. The highest BCUT2D eigenvalue weighted by Crippen LogP contribution is 2.35. The third kappa shape index (κ3) is 5.23. The fourth-order valence-corrected chi connectivity index (χ4v) is 5.41. The summed E-state index contributed by atoms with van der Waals surface area (Å²) in [7, 11) is 1.37. The molecule has 2 aromatic heterocycles. The molecule has 5 rings (SSSR count). The normalized spacial score (nSPS) is 18.0. The SMILES string of the molecule is COC(=O)[C@H]1CC[C@H](CNC(=O)c2cc(C(F)(F)F)cc3ccn(Cc4cccc5ncccc45)c23)CC1. The van der Waals surface area contributed by atoms with Gasteiger partial charge in [-0.3, -0.25) is 14.6 Å². The summed E-state index contributed by atoms with van der Waals surface area (Å²) in [5.74, 6) is -0.754. The van der Waals surface area contributed by atoms with E-state index in [0.717, 1.165) is 41.4 Å². The molecule has 0 bridgehead atoms. The second kappa shape index (κ2) is 10.5. The van der Waals surface area contributed by atoms with E-state index >= 15 is 0 Å². The molecule has 6 nitrogen and oxygen atoms in total. The molecule has 198 valence electrons. The Morgan fingerprint density at radius 1 is 1.08 bits per heavy atom. The van der Waals surface area contributed by atoms with Crippen LogP contribution in [0.4, 0.5) is 13.2 Å². The Balaban J connectivity index is 1.43. The Labute approximate surface area is 217 Å². The average Bonchev–Trinajstić information content (AvgIpc) is 3.33. The molecule has 0 unspecified atom stereocenters. The molecule has 4 aromatic rings. The number of carbonyl (C=O) groups excluding carboxylic acids is 2. The number of halogens is 3. The minimum atomic E-state index is -4.58. The van der Waals surface area contributed by atoms with Crippen LogP contribution in [0.1, 0.15) is 47.2 Å². The largest absolute Gasteiger partial charge is 0.469 e. The maximum atomic E-state index is 13.7. The van der Waals surface area contributed by atoms with Gasteiger partial charge in [0.1, 0.15) is 0 Å². The number of pyridine rings is 1. The lowest BCUT2D eigenvalue weighted by molar-refractivity contribution is -0.146. The lowest BCUT2D eigenvalue weighted by atomic mass is 9.82. The van der Waals surface area contributed by atoms with Crippen LogP contribution in [0.5, 0.6) is 0 Å². The van der Waals surface area contributed by atoms with Gasteiger partial charge in [0.05, 0.1) is 35.2 Å². The van der Waals surface area contributed by atoms with Crippen LogP contribution < -0.4 is 5.32 Å². The zero-order valence-electron chi connectivity index (χ0n) is 20.9. The van der Waals surface area contributed by atoms with Gasteiger partial charge in [0.2, 0.25) is 0 Å². The monoisotopic (exact) mass is 523 g/mol. The lowest BCUT2D eigenvalue weighted by Gasteiger charge is -2.27. The fraction of sp³-hybridized carbons (Fsp3) is 0.345. The predicted molar refractivity (Wildman–Crippen MR) is 138 cm³/mol. The fourth-order valence-electron chi connectivity index (χ4n) is 5.41. The van der Waals surface area contributed by atoms with E-state index in [2.05, 4.69) is 10.3 Å². The Hall–Kier alpha value is -3.88. The van der Waals surface area contributed by atoms with E-state index < -0.39 is 17.6 Å². The van der Waals surface area contributed by atoms with Crippen LogP contribution >= 0.6 is 0 Å².